The molecule has 0 fully saturated rings. The van der Waals surface area contributed by atoms with Crippen LogP contribution in [0.4, 0.5) is 0 Å². The summed E-state index contributed by atoms with van der Waals surface area (Å²) >= 11 is 6.15. The van der Waals surface area contributed by atoms with Crippen molar-refractivity contribution in [3.05, 3.63) is 65.1 Å². The van der Waals surface area contributed by atoms with Crippen LogP contribution in [0.25, 0.3) is 10.9 Å². The molecule has 4 heteroatoms. The third kappa shape index (κ3) is 2.18. The zero-order valence-electron chi connectivity index (χ0n) is 10.0. The first-order chi connectivity index (χ1) is 9.28. The molecule has 19 heavy (non-hydrogen) atoms. The molecule has 0 unspecified atom stereocenters. The fourth-order valence-electron chi connectivity index (χ4n) is 2.15. The molecule has 0 amide bonds. The van der Waals surface area contributed by atoms with Crippen molar-refractivity contribution in [3.63, 3.8) is 0 Å². The van der Waals surface area contributed by atoms with E-state index in [1.54, 1.807) is 12.3 Å². The van der Waals surface area contributed by atoms with Crippen LogP contribution in [0.3, 0.4) is 0 Å². The number of nitriles is 1. The average Bonchev–Trinajstić information content (AvgIpc) is 2.84. The number of rotatable bonds is 2. The Morgan fingerprint density at radius 2 is 2.16 bits per heavy atom. The summed E-state index contributed by atoms with van der Waals surface area (Å²) in [5.41, 5.74) is 2.57. The summed E-state index contributed by atoms with van der Waals surface area (Å²) in [7, 11) is 0. The number of benzene rings is 1. The number of pyridine rings is 1. The summed E-state index contributed by atoms with van der Waals surface area (Å²) in [6, 6.07) is 13.6. The molecule has 0 spiro atoms. The third-order valence-corrected chi connectivity index (χ3v) is 3.38. The Morgan fingerprint density at radius 3 is 3.00 bits per heavy atom. The largest absolute Gasteiger partial charge is 0.343 e. The molecular weight excluding hydrogens is 258 g/mol. The Hall–Kier alpha value is -2.31. The molecule has 1 aromatic carbocycles. The van der Waals surface area contributed by atoms with E-state index in [4.69, 9.17) is 16.9 Å². The number of halogens is 1. The van der Waals surface area contributed by atoms with E-state index < -0.39 is 0 Å². The molecule has 0 aliphatic carbocycles. The zero-order valence-corrected chi connectivity index (χ0v) is 10.8. The molecule has 3 aromatic rings. The Bertz CT molecular complexity index is 783. The molecule has 0 radical (unpaired) electrons. The van der Waals surface area contributed by atoms with Gasteiger partial charge in [-0.15, -0.1) is 0 Å². The predicted octanol–water partition coefficient (Wildman–Crippen LogP) is 3.61. The first-order valence-corrected chi connectivity index (χ1v) is 6.24. The summed E-state index contributed by atoms with van der Waals surface area (Å²) in [6.07, 6.45) is 3.66. The van der Waals surface area contributed by atoms with E-state index in [-0.39, 0.29) is 0 Å². The van der Waals surface area contributed by atoms with E-state index in [1.807, 2.05) is 36.5 Å². The van der Waals surface area contributed by atoms with Gasteiger partial charge in [0, 0.05) is 34.9 Å². The minimum atomic E-state index is 0.437. The molecule has 3 rings (SSSR count). The van der Waals surface area contributed by atoms with Crippen molar-refractivity contribution < 1.29 is 0 Å². The van der Waals surface area contributed by atoms with Gasteiger partial charge in [-0.2, -0.15) is 5.26 Å². The Morgan fingerprint density at radius 1 is 1.26 bits per heavy atom. The quantitative estimate of drug-likeness (QED) is 0.712. The third-order valence-electron chi connectivity index (χ3n) is 3.05. The SMILES string of the molecule is N#Cc1cc(Cn2ccc3c(Cl)cccc32)ccn1. The first kappa shape index (κ1) is 11.8. The fraction of sp³-hybridized carbons (Fsp3) is 0.0667. The number of aromatic nitrogens is 2. The van der Waals surface area contributed by atoms with E-state index in [1.165, 1.54) is 0 Å². The van der Waals surface area contributed by atoms with Crippen molar-refractivity contribution >= 4 is 22.5 Å². The van der Waals surface area contributed by atoms with Gasteiger partial charge < -0.3 is 4.57 Å². The molecular formula is C15H10ClN3. The van der Waals surface area contributed by atoms with Crippen molar-refractivity contribution in [2.45, 2.75) is 6.54 Å². The van der Waals surface area contributed by atoms with Gasteiger partial charge in [-0.1, -0.05) is 17.7 Å². The van der Waals surface area contributed by atoms with Gasteiger partial charge in [0.25, 0.3) is 0 Å². The molecule has 0 aliphatic rings. The monoisotopic (exact) mass is 267 g/mol. The highest BCUT2D eigenvalue weighted by Gasteiger charge is 2.05. The van der Waals surface area contributed by atoms with Crippen molar-refractivity contribution in [2.75, 3.05) is 0 Å². The van der Waals surface area contributed by atoms with Crippen molar-refractivity contribution in [2.24, 2.45) is 0 Å². The maximum Gasteiger partial charge on any atom is 0.140 e. The van der Waals surface area contributed by atoms with Gasteiger partial charge in [-0.3, -0.25) is 0 Å². The second-order valence-electron chi connectivity index (χ2n) is 4.28. The Kier molecular flexibility index (Phi) is 2.94. The molecule has 0 bridgehead atoms. The van der Waals surface area contributed by atoms with E-state index in [9.17, 15) is 0 Å². The average molecular weight is 268 g/mol. The number of hydrogen-bond acceptors (Lipinski definition) is 2. The molecule has 0 N–H and O–H groups in total. The fourth-order valence-corrected chi connectivity index (χ4v) is 2.39. The zero-order chi connectivity index (χ0) is 13.2. The normalized spacial score (nSPS) is 10.5. The van der Waals surface area contributed by atoms with Gasteiger partial charge in [0.15, 0.2) is 0 Å². The van der Waals surface area contributed by atoms with Crippen LogP contribution in [0.2, 0.25) is 5.02 Å². The highest BCUT2D eigenvalue weighted by molar-refractivity contribution is 6.35. The first-order valence-electron chi connectivity index (χ1n) is 5.86. The highest BCUT2D eigenvalue weighted by Crippen LogP contribution is 2.24. The van der Waals surface area contributed by atoms with E-state index in [2.05, 4.69) is 15.6 Å². The standard InChI is InChI=1S/C15H10ClN3/c16-14-2-1-3-15-13(14)5-7-19(15)10-11-4-6-18-12(8-11)9-17/h1-8H,10H2. The minimum Gasteiger partial charge on any atom is -0.343 e. The molecule has 2 aromatic heterocycles. The summed E-state index contributed by atoms with van der Waals surface area (Å²) in [4.78, 5) is 3.97. The van der Waals surface area contributed by atoms with Crippen LogP contribution < -0.4 is 0 Å². The van der Waals surface area contributed by atoms with Crippen molar-refractivity contribution in [1.82, 2.24) is 9.55 Å². The van der Waals surface area contributed by atoms with Crippen molar-refractivity contribution in [1.29, 1.82) is 5.26 Å². The second-order valence-corrected chi connectivity index (χ2v) is 4.68. The van der Waals surface area contributed by atoms with Gasteiger partial charge in [-0.05, 0) is 35.9 Å². The lowest BCUT2D eigenvalue weighted by Gasteiger charge is -2.06. The van der Waals surface area contributed by atoms with E-state index in [0.717, 1.165) is 21.5 Å². The smallest absolute Gasteiger partial charge is 0.140 e. The van der Waals surface area contributed by atoms with Gasteiger partial charge in [0.05, 0.1) is 0 Å². The van der Waals surface area contributed by atoms with Crippen LogP contribution >= 0.6 is 11.6 Å². The molecule has 0 saturated heterocycles. The molecule has 2 heterocycles. The molecule has 3 nitrogen and oxygen atoms in total. The Balaban J connectivity index is 2.02. The minimum absolute atomic E-state index is 0.437. The van der Waals surface area contributed by atoms with Crippen LogP contribution in [0.5, 0.6) is 0 Å². The van der Waals surface area contributed by atoms with Gasteiger partial charge >= 0.3 is 0 Å². The summed E-state index contributed by atoms with van der Waals surface area (Å²) in [5.74, 6) is 0. The molecule has 0 aliphatic heterocycles. The Labute approximate surface area is 115 Å². The molecule has 92 valence electrons. The maximum absolute atomic E-state index is 8.86. The molecule has 0 saturated carbocycles. The lowest BCUT2D eigenvalue weighted by atomic mass is 10.2. The maximum atomic E-state index is 8.86. The highest BCUT2D eigenvalue weighted by atomic mass is 35.5. The van der Waals surface area contributed by atoms with E-state index >= 15 is 0 Å². The predicted molar refractivity (Wildman–Crippen MR) is 75.0 cm³/mol. The van der Waals surface area contributed by atoms with E-state index in [0.29, 0.717) is 12.2 Å². The van der Waals surface area contributed by atoms with Gasteiger partial charge in [0.2, 0.25) is 0 Å². The van der Waals surface area contributed by atoms with Crippen LogP contribution in [-0.2, 0) is 6.54 Å². The van der Waals surface area contributed by atoms with Gasteiger partial charge in [-0.25, -0.2) is 4.98 Å². The summed E-state index contributed by atoms with van der Waals surface area (Å²) in [5, 5.41) is 10.7. The van der Waals surface area contributed by atoms with Crippen LogP contribution in [-0.4, -0.2) is 9.55 Å². The van der Waals surface area contributed by atoms with Crippen LogP contribution in [0.1, 0.15) is 11.3 Å². The topological polar surface area (TPSA) is 41.6 Å². The number of hydrogen-bond donors (Lipinski definition) is 0. The second kappa shape index (κ2) is 4.75. The lowest BCUT2D eigenvalue weighted by Crippen LogP contribution is -1.98. The number of fused-ring (bicyclic) bond motifs is 1. The number of nitrogens with zero attached hydrogens (tertiary/aromatic N) is 3. The summed E-state index contributed by atoms with van der Waals surface area (Å²) < 4.78 is 2.11. The molecule has 0 atom stereocenters. The van der Waals surface area contributed by atoms with Crippen molar-refractivity contribution in [3.8, 4) is 6.07 Å². The van der Waals surface area contributed by atoms with Crippen LogP contribution in [0, 0.1) is 11.3 Å². The van der Waals surface area contributed by atoms with Crippen LogP contribution in [0.15, 0.2) is 48.8 Å². The van der Waals surface area contributed by atoms with Gasteiger partial charge in [0.1, 0.15) is 11.8 Å². The summed E-state index contributed by atoms with van der Waals surface area (Å²) in [6.45, 7) is 0.695. The lowest BCUT2D eigenvalue weighted by molar-refractivity contribution is 0.834.